The highest BCUT2D eigenvalue weighted by Gasteiger charge is 2.23. The molecule has 0 unspecified atom stereocenters. The molecule has 5 heterocycles. The number of carbonyl (C=O) groups is 4. The van der Waals surface area contributed by atoms with Crippen LogP contribution in [-0.4, -0.2) is 43.8 Å². The number of fused-ring (bicyclic) bond motifs is 8. The van der Waals surface area contributed by atoms with E-state index in [1.165, 1.54) is 0 Å². The molecule has 2 N–H and O–H groups in total. The van der Waals surface area contributed by atoms with E-state index in [9.17, 15) is 19.2 Å². The van der Waals surface area contributed by atoms with Gasteiger partial charge in [-0.2, -0.15) is 0 Å². The van der Waals surface area contributed by atoms with Gasteiger partial charge in [-0.25, -0.2) is 29.1 Å². The average molecular weight is 1260 g/mol. The predicted octanol–water partition coefficient (Wildman–Crippen LogP) is 19.9. The molecule has 0 amide bonds. The largest absolute Gasteiger partial charge is 0.423 e. The normalized spacial score (nSPS) is 11.6. The molecule has 11 aromatic rings. The highest BCUT2D eigenvalue weighted by molar-refractivity contribution is 6.01. The zero-order chi connectivity index (χ0) is 67.4. The molecule has 2 aliphatic rings. The highest BCUT2D eigenvalue weighted by Crippen LogP contribution is 2.40. The van der Waals surface area contributed by atoms with Crippen LogP contribution in [0.2, 0.25) is 0 Å². The van der Waals surface area contributed by atoms with Crippen LogP contribution in [0.1, 0.15) is 131 Å². The van der Waals surface area contributed by atoms with Gasteiger partial charge in [0.2, 0.25) is 0 Å². The fourth-order valence-electron chi connectivity index (χ4n) is 12.5. The van der Waals surface area contributed by atoms with E-state index in [0.717, 1.165) is 133 Å². The van der Waals surface area contributed by atoms with Gasteiger partial charge in [-0.15, -0.1) is 0 Å². The zero-order valence-corrected chi connectivity index (χ0v) is 55.6. The first-order valence-corrected chi connectivity index (χ1v) is 31.9. The fraction of sp³-hybridized carbons (Fsp3) is 0.143. The minimum atomic E-state index is -0.458. The van der Waals surface area contributed by atoms with E-state index in [1.54, 1.807) is 48.5 Å². The smallest absolute Gasteiger partial charge is 0.343 e. The second kappa shape index (κ2) is 25.6. The van der Waals surface area contributed by atoms with Crippen molar-refractivity contribution in [1.82, 2.24) is 19.9 Å². The number of carbonyl (C=O) groups excluding carboxylic acids is 4. The number of aromatic nitrogens is 4. The third kappa shape index (κ3) is 12.5. The summed E-state index contributed by atoms with van der Waals surface area (Å²) in [7, 11) is 0. The van der Waals surface area contributed by atoms with Crippen LogP contribution in [0.25, 0.3) is 90.9 Å². The fourth-order valence-corrected chi connectivity index (χ4v) is 12.5. The van der Waals surface area contributed by atoms with Crippen molar-refractivity contribution in [3.8, 4) is 67.5 Å². The van der Waals surface area contributed by atoms with Gasteiger partial charge in [-0.3, -0.25) is 0 Å². The first-order valence-electron chi connectivity index (χ1n) is 31.9. The van der Waals surface area contributed by atoms with Crippen molar-refractivity contribution in [1.29, 1.82) is 0 Å². The molecule has 0 atom stereocenters. The van der Waals surface area contributed by atoms with Crippen molar-refractivity contribution in [2.45, 2.75) is 83.1 Å². The van der Waals surface area contributed by atoms with Gasteiger partial charge in [-0.05, 0) is 318 Å². The zero-order valence-electron chi connectivity index (χ0n) is 55.6. The van der Waals surface area contributed by atoms with Crippen LogP contribution in [0.4, 0.5) is 0 Å². The Balaban J connectivity index is 0.991. The van der Waals surface area contributed by atoms with Crippen LogP contribution in [-0.2, 0) is 0 Å². The molecule has 8 aromatic carbocycles. The Labute approximate surface area is 557 Å². The third-order valence-electron chi connectivity index (χ3n) is 18.8. The number of H-pyrrole nitrogens is 2. The Morgan fingerprint density at radius 3 is 0.615 bits per heavy atom. The van der Waals surface area contributed by atoms with E-state index in [2.05, 4.69) is 9.97 Å². The summed E-state index contributed by atoms with van der Waals surface area (Å²) in [5, 5.41) is 0. The van der Waals surface area contributed by atoms with Crippen LogP contribution < -0.4 is 18.9 Å². The van der Waals surface area contributed by atoms with Gasteiger partial charge in [0.05, 0.1) is 45.0 Å². The second-order valence-electron chi connectivity index (χ2n) is 25.1. The Morgan fingerprint density at radius 2 is 0.438 bits per heavy atom. The van der Waals surface area contributed by atoms with Crippen molar-refractivity contribution in [2.24, 2.45) is 0 Å². The standard InChI is InChI=1S/C84H70N4O8/c1-45-37-61(38-46(2)53(45)9)81(89)93-65-21-13-57(14-22-65)77-69-29-31-71(85-69)78(58-15-23-66(24-16-58)94-82(90)62-39-47(3)54(10)48(4)40-62)73-33-35-75(87-73)80(60-19-27-68(28-20-60)96-84(92)64-43-51(7)56(12)52(8)44-64)76-36-34-74(88-76)79(72-32-30-70(77)86-72)59-17-25-67(26-18-59)95-83(91)63-41-49(5)55(11)50(6)42-63/h13-44,85,88H,1-12H3. The Bertz CT molecular complexity index is 4550. The maximum absolute atomic E-state index is 13.7. The maximum atomic E-state index is 13.7. The molecule has 13 rings (SSSR count). The summed E-state index contributed by atoms with van der Waals surface area (Å²) >= 11 is 0. The topological polar surface area (TPSA) is 163 Å². The molecule has 0 saturated heterocycles. The average Bonchev–Trinajstić information content (AvgIpc) is 1.60. The molecule has 474 valence electrons. The summed E-state index contributed by atoms with van der Waals surface area (Å²) in [4.78, 5) is 73.3. The number of rotatable bonds is 12. The monoisotopic (exact) mass is 1260 g/mol. The third-order valence-corrected chi connectivity index (χ3v) is 18.8. The summed E-state index contributed by atoms with van der Waals surface area (Å²) in [5.74, 6) is -0.336. The first-order chi connectivity index (χ1) is 46.1. The molecule has 12 heteroatoms. The SMILES string of the molecule is Cc1cc(C(=O)Oc2ccc(-c3c4nc(c(-c5ccc(OC(=O)c6cc(C)c(C)c(C)c6)cc5)c5ccc([nH]5)c(-c5ccc(OC(=O)c6cc(C)c(C)c(C)c6)cc5)c5nc(c(-c6ccc(OC(=O)c7cc(C)c(C)c(C)c7)cc6)c6ccc3[nH]6)C=C5)C=C4)cc2)cc(C)c1C. The lowest BCUT2D eigenvalue weighted by Gasteiger charge is -2.11. The molecule has 0 aliphatic carbocycles. The van der Waals surface area contributed by atoms with Gasteiger partial charge in [0.25, 0.3) is 0 Å². The number of nitrogens with one attached hydrogen (secondary N) is 2. The summed E-state index contributed by atoms with van der Waals surface area (Å²) in [5.41, 5.74) is 26.0. The van der Waals surface area contributed by atoms with Crippen molar-refractivity contribution in [3.63, 3.8) is 0 Å². The van der Waals surface area contributed by atoms with Crippen LogP contribution in [0, 0.1) is 83.1 Å². The van der Waals surface area contributed by atoms with Crippen LogP contribution in [0.3, 0.4) is 0 Å². The second-order valence-corrected chi connectivity index (χ2v) is 25.1. The van der Waals surface area contributed by atoms with E-state index in [-0.39, 0.29) is 0 Å². The van der Waals surface area contributed by atoms with Gasteiger partial charge in [0.1, 0.15) is 23.0 Å². The van der Waals surface area contributed by atoms with E-state index in [4.69, 9.17) is 28.9 Å². The molecule has 8 bridgehead atoms. The molecule has 12 nitrogen and oxygen atoms in total. The molecule has 0 spiro atoms. The van der Waals surface area contributed by atoms with Crippen molar-refractivity contribution in [2.75, 3.05) is 0 Å². The predicted molar refractivity (Wildman–Crippen MR) is 383 cm³/mol. The van der Waals surface area contributed by atoms with Gasteiger partial charge in [0, 0.05) is 44.3 Å². The van der Waals surface area contributed by atoms with Crippen LogP contribution in [0.5, 0.6) is 23.0 Å². The molecule has 0 saturated carbocycles. The number of ether oxygens (including phenoxy) is 4. The minimum Gasteiger partial charge on any atom is -0.423 e. The lowest BCUT2D eigenvalue weighted by atomic mass is 10.0. The lowest BCUT2D eigenvalue weighted by Crippen LogP contribution is -2.09. The first kappa shape index (κ1) is 63.0. The molecule has 3 aromatic heterocycles. The summed E-state index contributed by atoms with van der Waals surface area (Å²) in [6, 6.07) is 52.6. The van der Waals surface area contributed by atoms with Gasteiger partial charge < -0.3 is 28.9 Å². The number of esters is 4. The summed E-state index contributed by atoms with van der Waals surface area (Å²) < 4.78 is 24.0. The van der Waals surface area contributed by atoms with Gasteiger partial charge in [-0.1, -0.05) is 48.5 Å². The number of aryl methyl sites for hydroxylation is 8. The van der Waals surface area contributed by atoms with E-state index >= 15 is 0 Å². The Hall–Kier alpha value is -11.8. The maximum Gasteiger partial charge on any atom is 0.343 e. The molecular formula is C84H70N4O8. The van der Waals surface area contributed by atoms with Crippen molar-refractivity contribution < 1.29 is 38.1 Å². The quantitative estimate of drug-likeness (QED) is 0.0889. The van der Waals surface area contributed by atoms with E-state index in [1.807, 2.05) is 229 Å². The number of aromatic amines is 2. The number of hydrogen-bond donors (Lipinski definition) is 2. The Kier molecular flexibility index (Phi) is 16.8. The molecule has 2 aliphatic heterocycles. The molecule has 0 fully saturated rings. The summed E-state index contributed by atoms with van der Waals surface area (Å²) in [6.07, 6.45) is 7.97. The Morgan fingerprint density at radius 1 is 0.260 bits per heavy atom. The molecular weight excluding hydrogens is 1190 g/mol. The minimum absolute atomic E-state index is 0.374. The van der Waals surface area contributed by atoms with Crippen LogP contribution >= 0.6 is 0 Å². The van der Waals surface area contributed by atoms with E-state index < -0.39 is 23.9 Å². The lowest BCUT2D eigenvalue weighted by molar-refractivity contribution is 0.0725. The van der Waals surface area contributed by atoms with Crippen LogP contribution in [0.15, 0.2) is 170 Å². The summed E-state index contributed by atoms with van der Waals surface area (Å²) in [6.45, 7) is 24.0. The molecule has 96 heavy (non-hydrogen) atoms. The number of hydrogen-bond acceptors (Lipinski definition) is 10. The molecule has 0 radical (unpaired) electrons. The van der Waals surface area contributed by atoms with Gasteiger partial charge in [0.15, 0.2) is 0 Å². The highest BCUT2D eigenvalue weighted by atomic mass is 16.5. The number of nitrogens with zero attached hydrogens (tertiary/aromatic N) is 2. The van der Waals surface area contributed by atoms with E-state index in [0.29, 0.717) is 68.0 Å². The number of benzene rings is 8. The van der Waals surface area contributed by atoms with Gasteiger partial charge >= 0.3 is 23.9 Å². The van der Waals surface area contributed by atoms with Crippen molar-refractivity contribution >= 4 is 70.2 Å². The van der Waals surface area contributed by atoms with Crippen molar-refractivity contribution in [3.05, 3.63) is 282 Å².